The minimum Gasteiger partial charge on any atom is -0.421 e. The molecule has 25 heavy (non-hydrogen) atoms. The van der Waals surface area contributed by atoms with Crippen molar-refractivity contribution in [3.8, 4) is 0 Å². The van der Waals surface area contributed by atoms with Crippen LogP contribution in [-0.4, -0.2) is 27.9 Å². The lowest BCUT2D eigenvalue weighted by Gasteiger charge is -2.22. The molecule has 0 N–H and O–H groups in total. The van der Waals surface area contributed by atoms with Gasteiger partial charge in [0.2, 0.25) is 5.51 Å². The summed E-state index contributed by atoms with van der Waals surface area (Å²) in [5, 5.41) is 0. The Kier molecular flexibility index (Phi) is 7.87. The first-order valence-electron chi connectivity index (χ1n) is 6.33. The number of nitrogens with zero attached hydrogens (tertiary/aromatic N) is 2. The van der Waals surface area contributed by atoms with E-state index in [-0.39, 0.29) is 0 Å². The summed E-state index contributed by atoms with van der Waals surface area (Å²) in [4.78, 5) is 1.46. The second-order valence-corrected chi connectivity index (χ2v) is 8.76. The maximum Gasteiger partial charge on any atom is 0.480 e. The third-order valence-corrected chi connectivity index (χ3v) is 6.26. The maximum absolute atomic E-state index is 11.4. The fraction of sp³-hybridized carbons (Fsp3) is 0.700. The summed E-state index contributed by atoms with van der Waals surface area (Å²) >= 11 is 1.84. The minimum atomic E-state index is -6.72. The Hall–Kier alpha value is -0.930. The number of rotatable bonds is 4. The Morgan fingerprint density at radius 1 is 1.00 bits per heavy atom. The SMILES string of the molecule is CCc1c(C)sc[n+]1CC.O=S(=O)([N-]S(=O)(=O)C(F)(F)F)C(F)(F)F. The van der Waals surface area contributed by atoms with Crippen LogP contribution in [-0.2, 0) is 33.0 Å². The summed E-state index contributed by atoms with van der Waals surface area (Å²) in [5.41, 5.74) is -8.71. The molecule has 0 aliphatic carbocycles. The van der Waals surface area contributed by atoms with Gasteiger partial charge in [0.05, 0.1) is 4.88 Å². The van der Waals surface area contributed by atoms with Crippen LogP contribution in [0.5, 0.6) is 0 Å². The lowest BCUT2D eigenvalue weighted by Crippen LogP contribution is -2.33. The zero-order chi connectivity index (χ0) is 20.3. The van der Waals surface area contributed by atoms with Gasteiger partial charge in [0.1, 0.15) is 6.54 Å². The summed E-state index contributed by atoms with van der Waals surface area (Å²) in [6, 6.07) is 0. The smallest absolute Gasteiger partial charge is 0.421 e. The van der Waals surface area contributed by atoms with Gasteiger partial charge in [-0.25, -0.2) is 16.8 Å². The molecular formula is C10H14F6N2O4S3. The molecule has 0 saturated heterocycles. The largest absolute Gasteiger partial charge is 0.480 e. The van der Waals surface area contributed by atoms with E-state index in [0.717, 1.165) is 17.1 Å². The quantitative estimate of drug-likeness (QED) is 0.537. The molecule has 0 aromatic carbocycles. The van der Waals surface area contributed by atoms with Gasteiger partial charge >= 0.3 is 11.0 Å². The van der Waals surface area contributed by atoms with Crippen molar-refractivity contribution >= 4 is 31.4 Å². The highest BCUT2D eigenvalue weighted by Crippen LogP contribution is 2.36. The van der Waals surface area contributed by atoms with Crippen molar-refractivity contribution in [2.45, 2.75) is 44.8 Å². The third kappa shape index (κ3) is 6.38. The van der Waals surface area contributed by atoms with Gasteiger partial charge in [-0.1, -0.05) is 18.3 Å². The topological polar surface area (TPSA) is 86.3 Å². The molecule has 0 spiro atoms. The predicted octanol–water partition coefficient (Wildman–Crippen LogP) is 2.99. The van der Waals surface area contributed by atoms with Gasteiger partial charge in [0, 0.05) is 6.42 Å². The number of alkyl halides is 6. The summed E-state index contributed by atoms with van der Waals surface area (Å²) in [5.74, 6) is 0. The molecule has 0 aliphatic heterocycles. The van der Waals surface area contributed by atoms with Gasteiger partial charge in [-0.3, -0.25) is 0 Å². The molecular weight excluding hydrogens is 422 g/mol. The fourth-order valence-corrected chi connectivity index (χ4v) is 4.08. The van der Waals surface area contributed by atoms with Crippen LogP contribution in [0.15, 0.2) is 5.51 Å². The average molecular weight is 436 g/mol. The molecule has 148 valence electrons. The molecule has 0 fully saturated rings. The number of aryl methyl sites for hydroxylation is 2. The highest BCUT2D eigenvalue weighted by molar-refractivity contribution is 8.13. The van der Waals surface area contributed by atoms with Crippen molar-refractivity contribution in [1.29, 1.82) is 0 Å². The Labute approximate surface area is 144 Å². The Bertz CT molecular complexity index is 739. The molecule has 0 amide bonds. The van der Waals surface area contributed by atoms with E-state index < -0.39 is 31.1 Å². The van der Waals surface area contributed by atoms with Crippen LogP contribution in [0.3, 0.4) is 0 Å². The van der Waals surface area contributed by atoms with E-state index in [4.69, 9.17) is 0 Å². The standard InChI is InChI=1S/C8H14NS.C2F6NO4S2/c1-4-8-7(3)10-6-9(8)5-2;3-1(4,5)14(10,11)9-15(12,13)2(6,7)8/h6H,4-5H2,1-3H3;/q+1;-1. The average Bonchev–Trinajstić information content (AvgIpc) is 2.75. The zero-order valence-electron chi connectivity index (χ0n) is 13.0. The number of halogens is 6. The molecule has 0 bridgehead atoms. The number of hydrogen-bond acceptors (Lipinski definition) is 5. The van der Waals surface area contributed by atoms with Gasteiger partial charge in [-0.2, -0.15) is 30.9 Å². The Morgan fingerprint density at radius 3 is 1.64 bits per heavy atom. The molecule has 1 heterocycles. The molecule has 15 heteroatoms. The molecule has 1 aromatic heterocycles. The van der Waals surface area contributed by atoms with Crippen molar-refractivity contribution in [3.63, 3.8) is 0 Å². The van der Waals surface area contributed by atoms with Crippen molar-refractivity contribution in [3.05, 3.63) is 20.2 Å². The van der Waals surface area contributed by atoms with E-state index >= 15 is 0 Å². The first-order chi connectivity index (χ1) is 11.0. The van der Waals surface area contributed by atoms with Crippen LogP contribution in [0, 0.1) is 6.92 Å². The first-order valence-corrected chi connectivity index (χ1v) is 10.1. The van der Waals surface area contributed by atoms with E-state index in [9.17, 15) is 43.2 Å². The van der Waals surface area contributed by atoms with Crippen LogP contribution < -0.4 is 4.57 Å². The lowest BCUT2D eigenvalue weighted by molar-refractivity contribution is -0.696. The van der Waals surface area contributed by atoms with Gasteiger partial charge in [0.25, 0.3) is 0 Å². The normalized spacial score (nSPS) is 13.3. The molecule has 0 radical (unpaired) electrons. The lowest BCUT2D eigenvalue weighted by atomic mass is 10.3. The summed E-state index contributed by atoms with van der Waals surface area (Å²) in [6.07, 6.45) is 1.16. The van der Waals surface area contributed by atoms with Crippen molar-refractivity contribution in [2.75, 3.05) is 0 Å². The van der Waals surface area contributed by atoms with Gasteiger partial charge in [-0.05, 0) is 13.8 Å². The molecule has 0 unspecified atom stereocenters. The summed E-state index contributed by atoms with van der Waals surface area (Å²) < 4.78 is 112. The molecule has 1 aromatic rings. The van der Waals surface area contributed by atoms with E-state index in [1.54, 1.807) is 0 Å². The maximum atomic E-state index is 11.4. The van der Waals surface area contributed by atoms with E-state index in [1.807, 2.05) is 11.3 Å². The van der Waals surface area contributed by atoms with E-state index in [0.29, 0.717) is 0 Å². The molecule has 0 atom stereocenters. The van der Waals surface area contributed by atoms with Crippen molar-refractivity contribution in [1.82, 2.24) is 0 Å². The number of aromatic nitrogens is 1. The Morgan fingerprint density at radius 2 is 1.40 bits per heavy atom. The van der Waals surface area contributed by atoms with Crippen molar-refractivity contribution in [2.24, 2.45) is 0 Å². The van der Waals surface area contributed by atoms with Gasteiger partial charge in [0.15, 0.2) is 25.7 Å². The summed E-state index contributed by atoms with van der Waals surface area (Å²) in [7, 11) is -13.4. The minimum absolute atomic E-state index is 0.778. The molecule has 1 rings (SSSR count). The fourth-order valence-electron chi connectivity index (χ4n) is 1.41. The molecule has 0 saturated carbocycles. The van der Waals surface area contributed by atoms with Crippen LogP contribution in [0.2, 0.25) is 0 Å². The molecule has 0 aliphatic rings. The van der Waals surface area contributed by atoms with E-state index in [1.165, 1.54) is 10.6 Å². The van der Waals surface area contributed by atoms with Crippen LogP contribution in [0.1, 0.15) is 24.4 Å². The highest BCUT2D eigenvalue weighted by Gasteiger charge is 2.46. The second-order valence-electron chi connectivity index (χ2n) is 4.28. The Balaban J connectivity index is 0.000000496. The number of hydrogen-bond donors (Lipinski definition) is 0. The van der Waals surface area contributed by atoms with Crippen LogP contribution in [0.25, 0.3) is 4.13 Å². The monoisotopic (exact) mass is 436 g/mol. The number of sulfonamides is 2. The van der Waals surface area contributed by atoms with Gasteiger partial charge < -0.3 is 4.13 Å². The predicted molar refractivity (Wildman–Crippen MR) is 77.6 cm³/mol. The summed E-state index contributed by atoms with van der Waals surface area (Å²) in [6.45, 7) is 7.69. The second kappa shape index (κ2) is 8.18. The highest BCUT2D eigenvalue weighted by atomic mass is 32.3. The van der Waals surface area contributed by atoms with Gasteiger partial charge in [-0.15, -0.1) is 0 Å². The molecule has 6 nitrogen and oxygen atoms in total. The van der Waals surface area contributed by atoms with Crippen LogP contribution in [0.4, 0.5) is 26.3 Å². The van der Waals surface area contributed by atoms with Crippen LogP contribution >= 0.6 is 11.3 Å². The first kappa shape index (κ1) is 24.1. The van der Waals surface area contributed by atoms with E-state index in [2.05, 4.69) is 30.8 Å². The zero-order valence-corrected chi connectivity index (χ0v) is 15.5. The number of thiazole rings is 1. The third-order valence-electron chi connectivity index (χ3n) is 2.57. The van der Waals surface area contributed by atoms with Crippen molar-refractivity contribution < 1.29 is 47.7 Å².